The summed E-state index contributed by atoms with van der Waals surface area (Å²) in [5.41, 5.74) is 3.64. The zero-order chi connectivity index (χ0) is 18.8. The number of rotatable bonds is 4. The van der Waals surface area contributed by atoms with Crippen molar-refractivity contribution in [2.45, 2.75) is 19.9 Å². The molecule has 0 atom stereocenters. The first-order chi connectivity index (χ1) is 13.1. The molecule has 3 aromatic rings. The van der Waals surface area contributed by atoms with E-state index in [0.717, 1.165) is 22.4 Å². The molecule has 0 spiro atoms. The molecule has 0 saturated heterocycles. The van der Waals surface area contributed by atoms with Crippen molar-refractivity contribution in [2.75, 3.05) is 13.2 Å². The molecule has 0 aliphatic carbocycles. The lowest BCUT2D eigenvalue weighted by Gasteiger charge is -2.26. The topological polar surface area (TPSA) is 55.6 Å². The van der Waals surface area contributed by atoms with Gasteiger partial charge in [-0.25, -0.2) is 4.39 Å². The predicted octanol–water partition coefficient (Wildman–Crippen LogP) is 3.75. The summed E-state index contributed by atoms with van der Waals surface area (Å²) in [7, 11) is 0. The Bertz CT molecular complexity index is 949. The van der Waals surface area contributed by atoms with E-state index in [-0.39, 0.29) is 18.3 Å². The number of fused-ring (bicyclic) bond motifs is 1. The maximum absolute atomic E-state index is 13.1. The van der Waals surface area contributed by atoms with Gasteiger partial charge in [-0.3, -0.25) is 4.79 Å². The molecule has 1 amide bonds. The molecule has 4 rings (SSSR count). The van der Waals surface area contributed by atoms with Gasteiger partial charge in [-0.15, -0.1) is 0 Å². The Kier molecular flexibility index (Phi) is 4.62. The molecule has 6 heteroatoms. The molecule has 0 unspecified atom stereocenters. The van der Waals surface area contributed by atoms with E-state index < -0.39 is 0 Å². The summed E-state index contributed by atoms with van der Waals surface area (Å²) in [6.07, 6.45) is 0.641. The first kappa shape index (κ1) is 17.3. The van der Waals surface area contributed by atoms with Crippen LogP contribution in [0.4, 0.5) is 4.39 Å². The van der Waals surface area contributed by atoms with Crippen LogP contribution in [0.3, 0.4) is 0 Å². The quantitative estimate of drug-likeness (QED) is 0.706. The number of aryl methyl sites for hydroxylation is 1. The van der Waals surface area contributed by atoms with Crippen molar-refractivity contribution in [2.24, 2.45) is 0 Å². The van der Waals surface area contributed by atoms with Crippen LogP contribution < -0.4 is 4.74 Å². The van der Waals surface area contributed by atoms with Gasteiger partial charge in [0.25, 0.3) is 5.91 Å². The normalized spacial score (nSPS) is 13.3. The highest BCUT2D eigenvalue weighted by Gasteiger charge is 2.27. The Balaban J connectivity index is 1.42. The van der Waals surface area contributed by atoms with E-state index in [0.29, 0.717) is 31.0 Å². The number of nitrogens with zero attached hydrogens (tertiary/aromatic N) is 2. The second-order valence-electron chi connectivity index (χ2n) is 6.61. The van der Waals surface area contributed by atoms with Gasteiger partial charge in [0.2, 0.25) is 0 Å². The molecule has 27 heavy (non-hydrogen) atoms. The van der Waals surface area contributed by atoms with Crippen molar-refractivity contribution in [3.8, 4) is 17.1 Å². The first-order valence-corrected chi connectivity index (χ1v) is 8.81. The molecule has 0 saturated carbocycles. The van der Waals surface area contributed by atoms with Gasteiger partial charge in [-0.2, -0.15) is 0 Å². The number of ether oxygens (including phenoxy) is 1. The van der Waals surface area contributed by atoms with Crippen molar-refractivity contribution >= 4 is 5.91 Å². The van der Waals surface area contributed by atoms with Crippen LogP contribution in [-0.2, 0) is 17.8 Å². The zero-order valence-electron chi connectivity index (χ0n) is 14.9. The van der Waals surface area contributed by atoms with Crippen molar-refractivity contribution in [1.82, 2.24) is 10.1 Å². The number of carbonyl (C=O) groups excluding carboxylic acids is 1. The monoisotopic (exact) mass is 366 g/mol. The lowest BCUT2D eigenvalue weighted by atomic mass is 10.0. The third kappa shape index (κ3) is 3.69. The van der Waals surface area contributed by atoms with Crippen LogP contribution in [0.15, 0.2) is 53.1 Å². The minimum Gasteiger partial charge on any atom is -0.484 e. The van der Waals surface area contributed by atoms with Crippen molar-refractivity contribution in [1.29, 1.82) is 0 Å². The van der Waals surface area contributed by atoms with Gasteiger partial charge in [0.05, 0.1) is 6.54 Å². The fourth-order valence-corrected chi connectivity index (χ4v) is 3.14. The molecule has 0 radical (unpaired) electrons. The smallest absolute Gasteiger partial charge is 0.260 e. The van der Waals surface area contributed by atoms with Gasteiger partial charge in [0.1, 0.15) is 17.3 Å². The molecule has 2 heterocycles. The molecule has 0 fully saturated rings. The molecule has 138 valence electrons. The number of benzene rings is 2. The zero-order valence-corrected chi connectivity index (χ0v) is 14.9. The van der Waals surface area contributed by atoms with E-state index in [1.54, 1.807) is 17.0 Å². The van der Waals surface area contributed by atoms with Crippen LogP contribution in [-0.4, -0.2) is 29.1 Å². The van der Waals surface area contributed by atoms with Crippen molar-refractivity contribution < 1.29 is 18.4 Å². The second kappa shape index (κ2) is 7.23. The molecular formula is C21H19FN2O3. The summed E-state index contributed by atoms with van der Waals surface area (Å²) >= 11 is 0. The van der Waals surface area contributed by atoms with Crippen molar-refractivity contribution in [3.05, 3.63) is 71.2 Å². The molecular weight excluding hydrogens is 347 g/mol. The highest BCUT2D eigenvalue weighted by molar-refractivity contribution is 5.78. The number of hydrogen-bond donors (Lipinski definition) is 0. The maximum Gasteiger partial charge on any atom is 0.260 e. The van der Waals surface area contributed by atoms with Gasteiger partial charge in [-0.1, -0.05) is 22.9 Å². The third-order valence-electron chi connectivity index (χ3n) is 4.68. The Morgan fingerprint density at radius 1 is 1.19 bits per heavy atom. The Labute approximate surface area is 156 Å². The van der Waals surface area contributed by atoms with E-state index in [4.69, 9.17) is 9.26 Å². The summed E-state index contributed by atoms with van der Waals surface area (Å²) in [5.74, 6) is 0.935. The predicted molar refractivity (Wildman–Crippen MR) is 97.7 cm³/mol. The average molecular weight is 366 g/mol. The minimum absolute atomic E-state index is 0.0128. The standard InChI is InChI=1S/C21H19FN2O3/c1-14-2-8-17(9-3-14)26-13-20(25)24-11-10-18-19(12-24)23-27-21(18)15-4-6-16(22)7-5-15/h2-9H,10-13H2,1H3. The van der Waals surface area contributed by atoms with Crippen LogP contribution in [0.1, 0.15) is 16.8 Å². The van der Waals surface area contributed by atoms with E-state index >= 15 is 0 Å². The van der Waals surface area contributed by atoms with Crippen LogP contribution >= 0.6 is 0 Å². The summed E-state index contributed by atoms with van der Waals surface area (Å²) in [6.45, 7) is 2.94. The SMILES string of the molecule is Cc1ccc(OCC(=O)N2CCc3c(noc3-c3ccc(F)cc3)C2)cc1. The number of hydrogen-bond acceptors (Lipinski definition) is 4. The van der Waals surface area contributed by atoms with Crippen LogP contribution in [0, 0.1) is 12.7 Å². The summed E-state index contributed by atoms with van der Waals surface area (Å²) in [4.78, 5) is 14.2. The fraction of sp³-hybridized carbons (Fsp3) is 0.238. The van der Waals surface area contributed by atoms with Gasteiger partial charge >= 0.3 is 0 Å². The number of halogens is 1. The van der Waals surface area contributed by atoms with Crippen LogP contribution in [0.2, 0.25) is 0 Å². The van der Waals surface area contributed by atoms with Crippen LogP contribution in [0.5, 0.6) is 5.75 Å². The first-order valence-electron chi connectivity index (χ1n) is 8.81. The summed E-state index contributed by atoms with van der Waals surface area (Å²) in [5, 5.41) is 4.11. The van der Waals surface area contributed by atoms with E-state index in [2.05, 4.69) is 5.16 Å². The lowest BCUT2D eigenvalue weighted by Crippen LogP contribution is -2.38. The average Bonchev–Trinajstić information content (AvgIpc) is 3.11. The highest BCUT2D eigenvalue weighted by atomic mass is 19.1. The van der Waals surface area contributed by atoms with Gasteiger partial charge in [0, 0.05) is 17.7 Å². The Morgan fingerprint density at radius 3 is 2.67 bits per heavy atom. The summed E-state index contributed by atoms with van der Waals surface area (Å²) in [6, 6.07) is 13.7. The third-order valence-corrected chi connectivity index (χ3v) is 4.68. The second-order valence-corrected chi connectivity index (χ2v) is 6.61. The largest absolute Gasteiger partial charge is 0.484 e. The minimum atomic E-state index is -0.294. The van der Waals surface area contributed by atoms with Crippen LogP contribution in [0.25, 0.3) is 11.3 Å². The number of amides is 1. The number of aromatic nitrogens is 1. The summed E-state index contributed by atoms with van der Waals surface area (Å²) < 4.78 is 24.2. The maximum atomic E-state index is 13.1. The molecule has 1 aliphatic rings. The van der Waals surface area contributed by atoms with E-state index in [1.807, 2.05) is 31.2 Å². The van der Waals surface area contributed by atoms with E-state index in [1.165, 1.54) is 12.1 Å². The molecule has 0 bridgehead atoms. The fourth-order valence-electron chi connectivity index (χ4n) is 3.14. The van der Waals surface area contributed by atoms with Crippen molar-refractivity contribution in [3.63, 3.8) is 0 Å². The molecule has 1 aromatic heterocycles. The Hall–Kier alpha value is -3.15. The molecule has 5 nitrogen and oxygen atoms in total. The highest BCUT2D eigenvalue weighted by Crippen LogP contribution is 2.30. The van der Waals surface area contributed by atoms with Gasteiger partial charge < -0.3 is 14.2 Å². The van der Waals surface area contributed by atoms with Gasteiger partial charge in [-0.05, 0) is 49.7 Å². The Morgan fingerprint density at radius 2 is 1.93 bits per heavy atom. The molecule has 1 aliphatic heterocycles. The molecule has 2 aromatic carbocycles. The van der Waals surface area contributed by atoms with Gasteiger partial charge in [0.15, 0.2) is 12.4 Å². The number of carbonyl (C=O) groups is 1. The lowest BCUT2D eigenvalue weighted by molar-refractivity contribution is -0.134. The van der Waals surface area contributed by atoms with E-state index in [9.17, 15) is 9.18 Å². The molecule has 0 N–H and O–H groups in total.